The van der Waals surface area contributed by atoms with Crippen LogP contribution >= 0.6 is 11.3 Å². The van der Waals surface area contributed by atoms with Crippen molar-refractivity contribution in [2.75, 3.05) is 6.54 Å². The van der Waals surface area contributed by atoms with Crippen molar-refractivity contribution in [3.63, 3.8) is 0 Å². The Morgan fingerprint density at radius 3 is 2.81 bits per heavy atom. The van der Waals surface area contributed by atoms with E-state index in [0.29, 0.717) is 0 Å². The first-order valence-corrected chi connectivity index (χ1v) is 6.35. The van der Waals surface area contributed by atoms with E-state index in [1.54, 1.807) is 6.07 Å². The summed E-state index contributed by atoms with van der Waals surface area (Å²) >= 11 is 1.24. The lowest BCUT2D eigenvalue weighted by molar-refractivity contribution is -0.380. The monoisotopic (exact) mass is 242 g/mol. The van der Waals surface area contributed by atoms with Gasteiger partial charge in [0.1, 0.15) is 0 Å². The molecule has 90 valence electrons. The molecule has 0 unspecified atom stereocenters. The molecule has 0 spiro atoms. The molecule has 1 heterocycles. The van der Waals surface area contributed by atoms with E-state index >= 15 is 0 Å². The van der Waals surface area contributed by atoms with Gasteiger partial charge in [-0.2, -0.15) is 0 Å². The SMILES string of the molecule is CC(C)CCCNCc1ccc([N+](=O)[O-])s1. The van der Waals surface area contributed by atoms with Crippen LogP contribution in [0, 0.1) is 16.0 Å². The number of nitrogens with zero attached hydrogens (tertiary/aromatic N) is 1. The molecule has 0 atom stereocenters. The molecule has 0 bridgehead atoms. The zero-order valence-corrected chi connectivity index (χ0v) is 10.5. The average Bonchev–Trinajstić information content (AvgIpc) is 2.65. The molecule has 1 aromatic rings. The van der Waals surface area contributed by atoms with Gasteiger partial charge in [-0.15, -0.1) is 0 Å². The Morgan fingerprint density at radius 2 is 2.25 bits per heavy atom. The molecule has 0 saturated heterocycles. The number of hydrogen-bond acceptors (Lipinski definition) is 4. The molecule has 1 rings (SSSR count). The molecule has 0 saturated carbocycles. The van der Waals surface area contributed by atoms with Gasteiger partial charge in [0.15, 0.2) is 0 Å². The van der Waals surface area contributed by atoms with Crippen molar-refractivity contribution in [1.29, 1.82) is 0 Å². The molecule has 1 N–H and O–H groups in total. The van der Waals surface area contributed by atoms with Crippen LogP contribution < -0.4 is 5.32 Å². The van der Waals surface area contributed by atoms with E-state index in [-0.39, 0.29) is 9.92 Å². The molecule has 1 aromatic heterocycles. The van der Waals surface area contributed by atoms with Crippen molar-refractivity contribution in [3.8, 4) is 0 Å². The zero-order chi connectivity index (χ0) is 12.0. The molecule has 0 aliphatic carbocycles. The van der Waals surface area contributed by atoms with Crippen LogP contribution in [0.2, 0.25) is 0 Å². The minimum absolute atomic E-state index is 0.221. The summed E-state index contributed by atoms with van der Waals surface area (Å²) in [5.41, 5.74) is 0. The Morgan fingerprint density at radius 1 is 1.50 bits per heavy atom. The van der Waals surface area contributed by atoms with Crippen LogP contribution in [0.3, 0.4) is 0 Å². The second-order valence-corrected chi connectivity index (χ2v) is 5.36. The summed E-state index contributed by atoms with van der Waals surface area (Å²) in [5.74, 6) is 0.740. The van der Waals surface area contributed by atoms with Crippen molar-refractivity contribution in [1.82, 2.24) is 5.32 Å². The van der Waals surface area contributed by atoms with Crippen LogP contribution in [0.15, 0.2) is 12.1 Å². The molecule has 0 aromatic carbocycles. The predicted molar refractivity (Wildman–Crippen MR) is 66.8 cm³/mol. The second kappa shape index (κ2) is 6.60. The average molecular weight is 242 g/mol. The van der Waals surface area contributed by atoms with Gasteiger partial charge in [-0.3, -0.25) is 10.1 Å². The van der Waals surface area contributed by atoms with Crippen LogP contribution in [0.25, 0.3) is 0 Å². The smallest absolute Gasteiger partial charge is 0.312 e. The van der Waals surface area contributed by atoms with Crippen LogP contribution in [-0.4, -0.2) is 11.5 Å². The van der Waals surface area contributed by atoms with E-state index in [2.05, 4.69) is 19.2 Å². The van der Waals surface area contributed by atoms with Crippen LogP contribution in [0.5, 0.6) is 0 Å². The summed E-state index contributed by atoms with van der Waals surface area (Å²) in [6.45, 7) is 6.13. The van der Waals surface area contributed by atoms with Crippen LogP contribution in [-0.2, 0) is 6.54 Å². The predicted octanol–water partition coefficient (Wildman–Crippen LogP) is 3.18. The largest absolute Gasteiger partial charge is 0.324 e. The summed E-state index contributed by atoms with van der Waals surface area (Å²) in [6.07, 6.45) is 2.38. The summed E-state index contributed by atoms with van der Waals surface area (Å²) < 4.78 is 0. The second-order valence-electron chi connectivity index (χ2n) is 4.21. The third-order valence-corrected chi connectivity index (χ3v) is 3.30. The molecular weight excluding hydrogens is 224 g/mol. The van der Waals surface area contributed by atoms with Gasteiger partial charge in [-0.25, -0.2) is 0 Å². The van der Waals surface area contributed by atoms with Gasteiger partial charge in [0.2, 0.25) is 0 Å². The molecule has 5 heteroatoms. The topological polar surface area (TPSA) is 55.2 Å². The molecular formula is C11H18N2O2S. The van der Waals surface area contributed by atoms with E-state index in [0.717, 1.165) is 30.3 Å². The maximum absolute atomic E-state index is 10.5. The Bertz CT molecular complexity index is 336. The maximum Gasteiger partial charge on any atom is 0.324 e. The summed E-state index contributed by atoms with van der Waals surface area (Å²) in [4.78, 5) is 11.1. The highest BCUT2D eigenvalue weighted by Gasteiger charge is 2.08. The summed E-state index contributed by atoms with van der Waals surface area (Å²) in [7, 11) is 0. The van der Waals surface area contributed by atoms with E-state index in [9.17, 15) is 10.1 Å². The fourth-order valence-corrected chi connectivity index (χ4v) is 2.20. The number of nitrogens with one attached hydrogen (secondary N) is 1. The lowest BCUT2D eigenvalue weighted by atomic mass is 10.1. The summed E-state index contributed by atoms with van der Waals surface area (Å²) in [6, 6.07) is 3.38. The maximum atomic E-state index is 10.5. The third-order valence-electron chi connectivity index (χ3n) is 2.26. The molecule has 0 fully saturated rings. The molecule has 0 amide bonds. The zero-order valence-electron chi connectivity index (χ0n) is 9.73. The molecule has 16 heavy (non-hydrogen) atoms. The van der Waals surface area contributed by atoms with Crippen LogP contribution in [0.4, 0.5) is 5.00 Å². The highest BCUT2D eigenvalue weighted by atomic mass is 32.1. The fourth-order valence-electron chi connectivity index (χ4n) is 1.41. The van der Waals surface area contributed by atoms with Crippen molar-refractivity contribution in [3.05, 3.63) is 27.1 Å². The Kier molecular flexibility index (Phi) is 5.42. The van der Waals surface area contributed by atoms with Crippen LogP contribution in [0.1, 0.15) is 31.6 Å². The van der Waals surface area contributed by atoms with Crippen molar-refractivity contribution >= 4 is 16.3 Å². The van der Waals surface area contributed by atoms with Gasteiger partial charge in [0, 0.05) is 17.5 Å². The van der Waals surface area contributed by atoms with Crippen molar-refractivity contribution in [2.24, 2.45) is 5.92 Å². The van der Waals surface area contributed by atoms with Crippen molar-refractivity contribution in [2.45, 2.75) is 33.2 Å². The minimum atomic E-state index is -0.340. The Hall–Kier alpha value is -0.940. The van der Waals surface area contributed by atoms with E-state index in [1.165, 1.54) is 17.8 Å². The third kappa shape index (κ3) is 4.72. The minimum Gasteiger partial charge on any atom is -0.312 e. The Labute approximate surface area is 99.8 Å². The number of rotatable bonds is 7. The van der Waals surface area contributed by atoms with Gasteiger partial charge in [-0.1, -0.05) is 25.2 Å². The Balaban J connectivity index is 2.19. The highest BCUT2D eigenvalue weighted by Crippen LogP contribution is 2.23. The molecule has 4 nitrogen and oxygen atoms in total. The molecule has 0 radical (unpaired) electrons. The normalized spacial score (nSPS) is 10.9. The summed E-state index contributed by atoms with van der Waals surface area (Å²) in [5, 5.41) is 14.0. The molecule has 0 aliphatic rings. The van der Waals surface area contributed by atoms with E-state index < -0.39 is 0 Å². The van der Waals surface area contributed by atoms with Gasteiger partial charge in [-0.05, 0) is 31.4 Å². The number of hydrogen-bond donors (Lipinski definition) is 1. The van der Waals surface area contributed by atoms with E-state index in [4.69, 9.17) is 0 Å². The van der Waals surface area contributed by atoms with Crippen molar-refractivity contribution < 1.29 is 4.92 Å². The number of nitro groups is 1. The first-order chi connectivity index (χ1) is 7.59. The van der Waals surface area contributed by atoms with E-state index in [1.807, 2.05) is 6.07 Å². The first-order valence-electron chi connectivity index (χ1n) is 5.53. The van der Waals surface area contributed by atoms with Gasteiger partial charge in [0.25, 0.3) is 0 Å². The quantitative estimate of drug-likeness (QED) is 0.454. The van der Waals surface area contributed by atoms with Gasteiger partial charge >= 0.3 is 5.00 Å². The standard InChI is InChI=1S/C11H18N2O2S/c1-9(2)4-3-7-12-8-10-5-6-11(16-10)13(14)15/h5-6,9,12H,3-4,7-8H2,1-2H3. The lowest BCUT2D eigenvalue weighted by Gasteiger charge is -2.04. The lowest BCUT2D eigenvalue weighted by Crippen LogP contribution is -2.14. The fraction of sp³-hybridized carbons (Fsp3) is 0.636. The first kappa shape index (κ1) is 13.1. The van der Waals surface area contributed by atoms with Gasteiger partial charge in [0.05, 0.1) is 4.92 Å². The van der Waals surface area contributed by atoms with Gasteiger partial charge < -0.3 is 5.32 Å². The number of thiophene rings is 1. The highest BCUT2D eigenvalue weighted by molar-refractivity contribution is 7.15. The molecule has 0 aliphatic heterocycles.